The second kappa shape index (κ2) is 5.82. The molecule has 1 N–H and O–H groups in total. The Morgan fingerprint density at radius 3 is 2.55 bits per heavy atom. The van der Waals surface area contributed by atoms with Crippen LogP contribution in [-0.2, 0) is 9.84 Å². The van der Waals surface area contributed by atoms with Crippen LogP contribution in [0.15, 0.2) is 12.1 Å². The van der Waals surface area contributed by atoms with Gasteiger partial charge in [0.15, 0.2) is 9.84 Å². The lowest BCUT2D eigenvalue weighted by atomic mass is 9.94. The van der Waals surface area contributed by atoms with Gasteiger partial charge in [-0.1, -0.05) is 12.5 Å². The van der Waals surface area contributed by atoms with E-state index in [1.807, 2.05) is 19.9 Å². The van der Waals surface area contributed by atoms with E-state index < -0.39 is 21.1 Å². The molecule has 1 aliphatic rings. The van der Waals surface area contributed by atoms with Crippen molar-refractivity contribution in [1.29, 1.82) is 0 Å². The molecular formula is C15H22FNO2S. The van der Waals surface area contributed by atoms with Crippen LogP contribution in [0.25, 0.3) is 0 Å². The molecular weight excluding hydrogens is 277 g/mol. The molecule has 0 bridgehead atoms. The highest BCUT2D eigenvalue weighted by molar-refractivity contribution is 7.92. The van der Waals surface area contributed by atoms with Gasteiger partial charge in [0.2, 0.25) is 0 Å². The molecule has 0 amide bonds. The summed E-state index contributed by atoms with van der Waals surface area (Å²) in [6.45, 7) is 3.68. The first kappa shape index (κ1) is 15.4. The predicted molar refractivity (Wildman–Crippen MR) is 79.1 cm³/mol. The van der Waals surface area contributed by atoms with Gasteiger partial charge in [-0.3, -0.25) is 0 Å². The minimum absolute atomic E-state index is 0.211. The first-order chi connectivity index (χ1) is 9.36. The molecule has 0 saturated carbocycles. The molecule has 0 radical (unpaired) electrons. The Morgan fingerprint density at radius 2 is 2.00 bits per heavy atom. The van der Waals surface area contributed by atoms with Crippen molar-refractivity contribution in [3.05, 3.63) is 34.6 Å². The molecule has 20 heavy (non-hydrogen) atoms. The highest BCUT2D eigenvalue weighted by Crippen LogP contribution is 2.33. The van der Waals surface area contributed by atoms with Crippen LogP contribution in [0.4, 0.5) is 4.39 Å². The maximum Gasteiger partial charge on any atom is 0.155 e. The zero-order chi connectivity index (χ0) is 14.9. The van der Waals surface area contributed by atoms with E-state index in [4.69, 9.17) is 0 Å². The summed E-state index contributed by atoms with van der Waals surface area (Å²) in [7, 11) is -1.45. The van der Waals surface area contributed by atoms with Crippen LogP contribution in [-0.4, -0.2) is 26.5 Å². The second-order valence-electron chi connectivity index (χ2n) is 5.64. The smallest absolute Gasteiger partial charge is 0.155 e. The fourth-order valence-corrected chi connectivity index (χ4v) is 5.31. The Labute approximate surface area is 120 Å². The van der Waals surface area contributed by atoms with E-state index in [0.717, 1.165) is 17.5 Å². The molecule has 1 saturated heterocycles. The molecule has 1 heterocycles. The molecule has 1 aliphatic heterocycles. The van der Waals surface area contributed by atoms with Crippen molar-refractivity contribution >= 4 is 9.84 Å². The largest absolute Gasteiger partial charge is 0.312 e. The van der Waals surface area contributed by atoms with Gasteiger partial charge in [-0.2, -0.15) is 0 Å². The Bertz CT molecular complexity index is 575. The summed E-state index contributed by atoms with van der Waals surface area (Å²) in [5.41, 5.74) is 2.15. The maximum absolute atomic E-state index is 14.3. The van der Waals surface area contributed by atoms with E-state index in [1.54, 1.807) is 7.05 Å². The molecule has 2 atom stereocenters. The van der Waals surface area contributed by atoms with Gasteiger partial charge in [0.25, 0.3) is 0 Å². The Hall–Kier alpha value is -0.940. The van der Waals surface area contributed by atoms with Gasteiger partial charge in [0.05, 0.1) is 17.0 Å². The zero-order valence-corrected chi connectivity index (χ0v) is 13.1. The lowest BCUT2D eigenvalue weighted by molar-refractivity contribution is 0.453. The summed E-state index contributed by atoms with van der Waals surface area (Å²) in [4.78, 5) is 0. The van der Waals surface area contributed by atoms with E-state index in [0.29, 0.717) is 18.4 Å². The standard InChI is InChI=1S/C15H22FNO2S/c1-10-8-11(2)14(12(16)9-10)15(17-3)13-6-4-5-7-20(13,18)19/h8-9,13,15,17H,4-7H2,1-3H3. The quantitative estimate of drug-likeness (QED) is 0.933. The van der Waals surface area contributed by atoms with Crippen LogP contribution >= 0.6 is 0 Å². The van der Waals surface area contributed by atoms with E-state index in [1.165, 1.54) is 6.07 Å². The summed E-state index contributed by atoms with van der Waals surface area (Å²) in [5.74, 6) is -0.106. The summed E-state index contributed by atoms with van der Waals surface area (Å²) in [6.07, 6.45) is 2.19. The van der Waals surface area contributed by atoms with Crippen LogP contribution in [0, 0.1) is 19.7 Å². The Kier molecular flexibility index (Phi) is 4.49. The molecule has 1 aromatic rings. The molecule has 2 rings (SSSR count). The van der Waals surface area contributed by atoms with Crippen molar-refractivity contribution in [2.24, 2.45) is 0 Å². The number of hydrogen-bond donors (Lipinski definition) is 1. The monoisotopic (exact) mass is 299 g/mol. The van der Waals surface area contributed by atoms with Crippen molar-refractivity contribution < 1.29 is 12.8 Å². The number of sulfone groups is 1. The molecule has 0 spiro atoms. The molecule has 5 heteroatoms. The summed E-state index contributed by atoms with van der Waals surface area (Å²) in [5, 5.41) is 2.50. The minimum Gasteiger partial charge on any atom is -0.312 e. The number of aryl methyl sites for hydroxylation is 2. The third kappa shape index (κ3) is 2.88. The normalized spacial score (nSPS) is 23.5. The number of hydrogen-bond acceptors (Lipinski definition) is 3. The maximum atomic E-state index is 14.3. The first-order valence-corrected chi connectivity index (χ1v) is 8.74. The van der Waals surface area contributed by atoms with Crippen LogP contribution in [0.5, 0.6) is 0 Å². The SMILES string of the molecule is CNC(c1c(C)cc(C)cc1F)C1CCCCS1(=O)=O. The second-order valence-corrected chi connectivity index (χ2v) is 7.98. The molecule has 0 aromatic heterocycles. The van der Waals surface area contributed by atoms with Crippen molar-refractivity contribution in [2.45, 2.75) is 44.4 Å². The third-order valence-corrected chi connectivity index (χ3v) is 6.39. The van der Waals surface area contributed by atoms with Gasteiger partial charge in [0, 0.05) is 5.56 Å². The van der Waals surface area contributed by atoms with Gasteiger partial charge in [0.1, 0.15) is 5.82 Å². The lowest BCUT2D eigenvalue weighted by Gasteiger charge is -2.31. The van der Waals surface area contributed by atoms with Gasteiger partial charge in [-0.15, -0.1) is 0 Å². The highest BCUT2D eigenvalue weighted by Gasteiger charge is 2.37. The Balaban J connectivity index is 2.48. The van der Waals surface area contributed by atoms with Crippen molar-refractivity contribution in [3.8, 4) is 0 Å². The van der Waals surface area contributed by atoms with Gasteiger partial charge in [-0.05, 0) is 50.9 Å². The number of halogens is 1. The average molecular weight is 299 g/mol. The molecule has 0 aliphatic carbocycles. The van der Waals surface area contributed by atoms with E-state index in [-0.39, 0.29) is 11.6 Å². The minimum atomic E-state index is -3.16. The van der Waals surface area contributed by atoms with E-state index in [2.05, 4.69) is 5.32 Å². The molecule has 3 nitrogen and oxygen atoms in total. The third-order valence-electron chi connectivity index (χ3n) is 4.10. The zero-order valence-electron chi connectivity index (χ0n) is 12.2. The summed E-state index contributed by atoms with van der Waals surface area (Å²) in [6, 6.07) is 2.90. The number of benzene rings is 1. The highest BCUT2D eigenvalue weighted by atomic mass is 32.2. The fraction of sp³-hybridized carbons (Fsp3) is 0.600. The van der Waals surface area contributed by atoms with Crippen LogP contribution in [0.1, 0.15) is 42.0 Å². The van der Waals surface area contributed by atoms with Crippen molar-refractivity contribution in [2.75, 3.05) is 12.8 Å². The number of rotatable bonds is 3. The Morgan fingerprint density at radius 1 is 1.30 bits per heavy atom. The van der Waals surface area contributed by atoms with Crippen molar-refractivity contribution in [1.82, 2.24) is 5.32 Å². The van der Waals surface area contributed by atoms with Gasteiger partial charge in [-0.25, -0.2) is 12.8 Å². The van der Waals surface area contributed by atoms with E-state index >= 15 is 0 Å². The first-order valence-electron chi connectivity index (χ1n) is 7.02. The number of nitrogens with one attached hydrogen (secondary N) is 1. The van der Waals surface area contributed by atoms with Crippen LogP contribution < -0.4 is 5.32 Å². The topological polar surface area (TPSA) is 46.2 Å². The van der Waals surface area contributed by atoms with Gasteiger partial charge < -0.3 is 5.32 Å². The molecule has 112 valence electrons. The van der Waals surface area contributed by atoms with Crippen LogP contribution in [0.3, 0.4) is 0 Å². The van der Waals surface area contributed by atoms with Gasteiger partial charge >= 0.3 is 0 Å². The summed E-state index contributed by atoms with van der Waals surface area (Å²) < 4.78 is 38.9. The van der Waals surface area contributed by atoms with Crippen molar-refractivity contribution in [3.63, 3.8) is 0 Å². The molecule has 1 aromatic carbocycles. The average Bonchev–Trinajstić information content (AvgIpc) is 2.34. The molecule has 2 unspecified atom stereocenters. The predicted octanol–water partition coefficient (Wildman–Crippen LogP) is 2.67. The lowest BCUT2D eigenvalue weighted by Crippen LogP contribution is -2.40. The van der Waals surface area contributed by atoms with Crippen LogP contribution in [0.2, 0.25) is 0 Å². The molecule has 1 fully saturated rings. The summed E-state index contributed by atoms with van der Waals surface area (Å²) >= 11 is 0. The van der Waals surface area contributed by atoms with E-state index in [9.17, 15) is 12.8 Å². The fourth-order valence-electron chi connectivity index (χ4n) is 3.19.